The van der Waals surface area contributed by atoms with E-state index in [-0.39, 0.29) is 6.04 Å². The van der Waals surface area contributed by atoms with Crippen LogP contribution in [0.15, 0.2) is 28.2 Å². The van der Waals surface area contributed by atoms with Crippen LogP contribution in [-0.2, 0) is 0 Å². The van der Waals surface area contributed by atoms with Crippen molar-refractivity contribution in [2.75, 3.05) is 0 Å². The lowest BCUT2D eigenvalue weighted by Gasteiger charge is -2.17. The normalized spacial score (nSPS) is 19.1. The Kier molecular flexibility index (Phi) is 2.73. The van der Waals surface area contributed by atoms with Crippen molar-refractivity contribution in [1.29, 1.82) is 0 Å². The minimum Gasteiger partial charge on any atom is -0.464 e. The predicted octanol–water partition coefficient (Wildman–Crippen LogP) is 3.09. The fraction of sp³-hybridized carbons (Fsp3) is 0.500. The lowest BCUT2D eigenvalue weighted by molar-refractivity contribution is 0.456. The second-order valence-electron chi connectivity index (χ2n) is 3.95. The Labute approximate surface area is 84.8 Å². The third-order valence-electron chi connectivity index (χ3n) is 2.79. The lowest BCUT2D eigenvalue weighted by atomic mass is 9.93. The molecule has 0 aliphatic heterocycles. The molecule has 1 aromatic rings. The monoisotopic (exact) mass is 191 g/mol. The lowest BCUT2D eigenvalue weighted by Crippen LogP contribution is -2.14. The minimum atomic E-state index is -0.0241. The van der Waals surface area contributed by atoms with Gasteiger partial charge in [-0.3, -0.25) is 0 Å². The number of hydrogen-bond acceptors (Lipinski definition) is 2. The highest BCUT2D eigenvalue weighted by molar-refractivity contribution is 5.22. The van der Waals surface area contributed by atoms with Gasteiger partial charge >= 0.3 is 0 Å². The number of allylic oxidation sites excluding steroid dienone is 1. The Hall–Kier alpha value is -1.02. The third-order valence-corrected chi connectivity index (χ3v) is 2.79. The Morgan fingerprint density at radius 2 is 2.21 bits per heavy atom. The molecule has 14 heavy (non-hydrogen) atoms. The van der Waals surface area contributed by atoms with Gasteiger partial charge in [0.05, 0.1) is 6.04 Å². The average Bonchev–Trinajstić information content (AvgIpc) is 2.65. The van der Waals surface area contributed by atoms with Gasteiger partial charge in [0, 0.05) is 0 Å². The quantitative estimate of drug-likeness (QED) is 0.729. The number of nitrogens with two attached hydrogens (primary N) is 1. The van der Waals surface area contributed by atoms with Crippen molar-refractivity contribution in [3.63, 3.8) is 0 Å². The zero-order chi connectivity index (χ0) is 9.97. The van der Waals surface area contributed by atoms with Crippen molar-refractivity contribution in [1.82, 2.24) is 0 Å². The first kappa shape index (κ1) is 9.53. The van der Waals surface area contributed by atoms with Crippen LogP contribution in [0.3, 0.4) is 0 Å². The van der Waals surface area contributed by atoms with Crippen LogP contribution in [0.4, 0.5) is 0 Å². The molecular weight excluding hydrogens is 174 g/mol. The summed E-state index contributed by atoms with van der Waals surface area (Å²) in [5.41, 5.74) is 7.46. The van der Waals surface area contributed by atoms with Crippen LogP contribution in [0, 0.1) is 6.92 Å². The summed E-state index contributed by atoms with van der Waals surface area (Å²) in [7, 11) is 0. The molecule has 2 heteroatoms. The summed E-state index contributed by atoms with van der Waals surface area (Å²) >= 11 is 0. The van der Waals surface area contributed by atoms with Crippen LogP contribution in [-0.4, -0.2) is 0 Å². The third kappa shape index (κ3) is 1.90. The van der Waals surface area contributed by atoms with E-state index in [9.17, 15) is 0 Å². The van der Waals surface area contributed by atoms with Crippen molar-refractivity contribution in [2.45, 2.75) is 38.6 Å². The summed E-state index contributed by atoms with van der Waals surface area (Å²) in [4.78, 5) is 0. The zero-order valence-corrected chi connectivity index (χ0v) is 8.62. The maximum absolute atomic E-state index is 6.12. The van der Waals surface area contributed by atoms with E-state index < -0.39 is 0 Å². The molecule has 0 fully saturated rings. The van der Waals surface area contributed by atoms with Gasteiger partial charge in [0.1, 0.15) is 11.5 Å². The fourth-order valence-electron chi connectivity index (χ4n) is 1.95. The van der Waals surface area contributed by atoms with Crippen molar-refractivity contribution in [3.05, 3.63) is 35.3 Å². The van der Waals surface area contributed by atoms with Gasteiger partial charge in [-0.15, -0.1) is 0 Å². The second-order valence-corrected chi connectivity index (χ2v) is 3.95. The highest BCUT2D eigenvalue weighted by Gasteiger charge is 2.16. The molecule has 1 aliphatic rings. The summed E-state index contributed by atoms with van der Waals surface area (Å²) < 4.78 is 5.53. The van der Waals surface area contributed by atoms with E-state index in [1.54, 1.807) is 0 Å². The van der Waals surface area contributed by atoms with E-state index in [0.717, 1.165) is 17.9 Å². The highest BCUT2D eigenvalue weighted by atomic mass is 16.3. The van der Waals surface area contributed by atoms with Gasteiger partial charge in [0.15, 0.2) is 0 Å². The maximum atomic E-state index is 6.12. The van der Waals surface area contributed by atoms with Crippen LogP contribution in [0.2, 0.25) is 0 Å². The predicted molar refractivity (Wildman–Crippen MR) is 56.9 cm³/mol. The number of hydrogen-bond donors (Lipinski definition) is 1. The number of furan rings is 1. The van der Waals surface area contributed by atoms with Gasteiger partial charge in [-0.2, -0.15) is 0 Å². The summed E-state index contributed by atoms with van der Waals surface area (Å²) in [6.07, 6.45) is 7.13. The summed E-state index contributed by atoms with van der Waals surface area (Å²) in [6, 6.07) is 3.93. The zero-order valence-electron chi connectivity index (χ0n) is 8.62. The molecule has 0 radical (unpaired) electrons. The Morgan fingerprint density at radius 1 is 1.36 bits per heavy atom. The van der Waals surface area contributed by atoms with E-state index in [2.05, 4.69) is 6.08 Å². The molecule has 1 aromatic heterocycles. The molecule has 2 N–H and O–H groups in total. The molecule has 0 bridgehead atoms. The van der Waals surface area contributed by atoms with Crippen LogP contribution in [0.5, 0.6) is 0 Å². The summed E-state index contributed by atoms with van der Waals surface area (Å²) in [6.45, 7) is 1.95. The standard InChI is InChI=1S/C12H17NO/c1-9-7-8-11(14-9)12(13)10-5-3-2-4-6-10/h5,7-8,12H,2-4,6,13H2,1H3. The fourth-order valence-corrected chi connectivity index (χ4v) is 1.95. The summed E-state index contributed by atoms with van der Waals surface area (Å²) in [5, 5.41) is 0. The van der Waals surface area contributed by atoms with Crippen molar-refractivity contribution < 1.29 is 4.42 Å². The molecule has 1 aliphatic carbocycles. The highest BCUT2D eigenvalue weighted by Crippen LogP contribution is 2.28. The first-order valence-corrected chi connectivity index (χ1v) is 5.28. The molecular formula is C12H17NO. The van der Waals surface area contributed by atoms with Crippen LogP contribution in [0.1, 0.15) is 43.2 Å². The van der Waals surface area contributed by atoms with Gasteiger partial charge in [0.2, 0.25) is 0 Å². The summed E-state index contributed by atoms with van der Waals surface area (Å²) in [5.74, 6) is 1.84. The second kappa shape index (κ2) is 4.01. The molecule has 2 rings (SSSR count). The average molecular weight is 191 g/mol. The molecule has 1 heterocycles. The molecule has 0 saturated carbocycles. The largest absolute Gasteiger partial charge is 0.464 e. The van der Waals surface area contributed by atoms with E-state index in [1.807, 2.05) is 19.1 Å². The van der Waals surface area contributed by atoms with Crippen molar-refractivity contribution >= 4 is 0 Å². The molecule has 0 spiro atoms. The molecule has 76 valence electrons. The van der Waals surface area contributed by atoms with E-state index in [0.29, 0.717) is 0 Å². The van der Waals surface area contributed by atoms with E-state index >= 15 is 0 Å². The first-order chi connectivity index (χ1) is 6.77. The number of rotatable bonds is 2. The van der Waals surface area contributed by atoms with Crippen LogP contribution < -0.4 is 5.73 Å². The van der Waals surface area contributed by atoms with Gasteiger partial charge in [-0.1, -0.05) is 6.08 Å². The van der Waals surface area contributed by atoms with E-state index in [4.69, 9.17) is 10.2 Å². The number of aryl methyl sites for hydroxylation is 1. The molecule has 2 nitrogen and oxygen atoms in total. The molecule has 0 saturated heterocycles. The van der Waals surface area contributed by atoms with Crippen molar-refractivity contribution in [2.24, 2.45) is 5.73 Å². The molecule has 1 atom stereocenters. The van der Waals surface area contributed by atoms with Crippen LogP contribution >= 0.6 is 0 Å². The van der Waals surface area contributed by atoms with Gasteiger partial charge in [0.25, 0.3) is 0 Å². The molecule has 1 unspecified atom stereocenters. The SMILES string of the molecule is Cc1ccc(C(N)C2=CCCCC2)o1. The van der Waals surface area contributed by atoms with Gasteiger partial charge in [-0.25, -0.2) is 0 Å². The maximum Gasteiger partial charge on any atom is 0.125 e. The van der Waals surface area contributed by atoms with Gasteiger partial charge in [-0.05, 0) is 50.3 Å². The first-order valence-electron chi connectivity index (χ1n) is 5.28. The Bertz CT molecular complexity index is 338. The van der Waals surface area contributed by atoms with Crippen molar-refractivity contribution in [3.8, 4) is 0 Å². The smallest absolute Gasteiger partial charge is 0.125 e. The molecule has 0 amide bonds. The van der Waals surface area contributed by atoms with E-state index in [1.165, 1.54) is 24.8 Å². The minimum absolute atomic E-state index is 0.0241. The van der Waals surface area contributed by atoms with Crippen LogP contribution in [0.25, 0.3) is 0 Å². The Balaban J connectivity index is 2.14. The molecule has 0 aromatic carbocycles. The Morgan fingerprint density at radius 3 is 2.79 bits per heavy atom. The van der Waals surface area contributed by atoms with Gasteiger partial charge < -0.3 is 10.2 Å². The topological polar surface area (TPSA) is 39.2 Å².